The Balaban J connectivity index is 1.75. The van der Waals surface area contributed by atoms with Crippen molar-refractivity contribution in [1.82, 2.24) is 14.9 Å². The Bertz CT molecular complexity index is 575. The van der Waals surface area contributed by atoms with E-state index in [-0.39, 0.29) is 18.4 Å². The molecular formula is C17H26N4O3. The summed E-state index contributed by atoms with van der Waals surface area (Å²) < 4.78 is 10.4. The highest BCUT2D eigenvalue weighted by Gasteiger charge is 2.26. The van der Waals surface area contributed by atoms with Crippen LogP contribution in [0.15, 0.2) is 6.07 Å². The van der Waals surface area contributed by atoms with Gasteiger partial charge < -0.3 is 19.3 Å². The second-order valence-electron chi connectivity index (χ2n) is 6.41. The molecule has 2 aliphatic heterocycles. The van der Waals surface area contributed by atoms with Gasteiger partial charge in [-0.25, -0.2) is 9.97 Å². The third-order valence-electron chi connectivity index (χ3n) is 4.64. The van der Waals surface area contributed by atoms with E-state index in [9.17, 15) is 4.79 Å². The highest BCUT2D eigenvalue weighted by Crippen LogP contribution is 2.28. The summed E-state index contributed by atoms with van der Waals surface area (Å²) in [6, 6.07) is 2.09. The second-order valence-corrected chi connectivity index (χ2v) is 6.41. The SMILES string of the molecule is COCC(=O)N1CCC[C@@H](c2cc(N3CCOCC3)nc(C)n2)C1. The van der Waals surface area contributed by atoms with Gasteiger partial charge in [-0.2, -0.15) is 0 Å². The van der Waals surface area contributed by atoms with Gasteiger partial charge in [-0.15, -0.1) is 0 Å². The van der Waals surface area contributed by atoms with E-state index in [1.807, 2.05) is 11.8 Å². The Morgan fingerprint density at radius 2 is 2.12 bits per heavy atom. The summed E-state index contributed by atoms with van der Waals surface area (Å²) in [5.74, 6) is 2.08. The Morgan fingerprint density at radius 3 is 2.88 bits per heavy atom. The zero-order chi connectivity index (χ0) is 16.9. The van der Waals surface area contributed by atoms with Crippen molar-refractivity contribution >= 4 is 11.7 Å². The van der Waals surface area contributed by atoms with Crippen LogP contribution in [0.5, 0.6) is 0 Å². The standard InChI is InChI=1S/C17H26N4O3/c1-13-18-15(10-16(19-13)20-6-8-24-9-7-20)14-4-3-5-21(11-14)17(22)12-23-2/h10,14H,3-9,11-12H2,1-2H3/t14-/m1/s1. The lowest BCUT2D eigenvalue weighted by molar-refractivity contribution is -0.136. The molecule has 1 amide bonds. The molecule has 3 rings (SSSR count). The molecule has 0 aliphatic carbocycles. The average Bonchev–Trinajstić information content (AvgIpc) is 2.62. The lowest BCUT2D eigenvalue weighted by atomic mass is 9.94. The number of methoxy groups -OCH3 is 1. The number of piperidine rings is 1. The maximum atomic E-state index is 12.1. The summed E-state index contributed by atoms with van der Waals surface area (Å²) in [4.78, 5) is 25.5. The molecule has 0 bridgehead atoms. The molecule has 0 radical (unpaired) electrons. The topological polar surface area (TPSA) is 67.8 Å². The van der Waals surface area contributed by atoms with E-state index in [4.69, 9.17) is 9.47 Å². The highest BCUT2D eigenvalue weighted by atomic mass is 16.5. The fourth-order valence-corrected chi connectivity index (χ4v) is 3.40. The van der Waals surface area contributed by atoms with Gasteiger partial charge in [-0.1, -0.05) is 0 Å². The monoisotopic (exact) mass is 334 g/mol. The number of ether oxygens (including phenoxy) is 2. The molecule has 7 nitrogen and oxygen atoms in total. The minimum atomic E-state index is 0.0568. The van der Waals surface area contributed by atoms with Crippen LogP contribution in [0.3, 0.4) is 0 Å². The molecule has 2 saturated heterocycles. The number of hydrogen-bond acceptors (Lipinski definition) is 6. The van der Waals surface area contributed by atoms with Crippen molar-refractivity contribution in [2.75, 3.05) is 58.0 Å². The van der Waals surface area contributed by atoms with Crippen molar-refractivity contribution in [3.8, 4) is 0 Å². The van der Waals surface area contributed by atoms with Crippen LogP contribution in [0.25, 0.3) is 0 Å². The number of hydrogen-bond donors (Lipinski definition) is 0. The van der Waals surface area contributed by atoms with Crippen LogP contribution in [0.2, 0.25) is 0 Å². The summed E-state index contributed by atoms with van der Waals surface area (Å²) in [6.07, 6.45) is 2.05. The summed E-state index contributed by atoms with van der Waals surface area (Å²) in [7, 11) is 1.56. The van der Waals surface area contributed by atoms with Crippen LogP contribution in [0.1, 0.15) is 30.3 Å². The molecule has 2 fully saturated rings. The Hall–Kier alpha value is -1.73. The first kappa shape index (κ1) is 17.1. The lowest BCUT2D eigenvalue weighted by Gasteiger charge is -2.33. The molecule has 3 heterocycles. The van der Waals surface area contributed by atoms with Crippen molar-refractivity contribution in [1.29, 1.82) is 0 Å². The molecule has 0 unspecified atom stereocenters. The second kappa shape index (κ2) is 7.90. The van der Waals surface area contributed by atoms with E-state index in [0.717, 1.165) is 63.0 Å². The van der Waals surface area contributed by atoms with Gasteiger partial charge in [0.2, 0.25) is 5.91 Å². The van der Waals surface area contributed by atoms with E-state index in [2.05, 4.69) is 20.9 Å². The predicted octanol–water partition coefficient (Wildman–Crippen LogP) is 0.974. The lowest BCUT2D eigenvalue weighted by Crippen LogP contribution is -2.41. The Labute approximate surface area is 143 Å². The van der Waals surface area contributed by atoms with Gasteiger partial charge in [0.05, 0.1) is 18.9 Å². The molecule has 0 aromatic carbocycles. The van der Waals surface area contributed by atoms with E-state index in [1.165, 1.54) is 0 Å². The van der Waals surface area contributed by atoms with E-state index < -0.39 is 0 Å². The first-order valence-electron chi connectivity index (χ1n) is 8.62. The molecule has 1 aromatic heterocycles. The maximum Gasteiger partial charge on any atom is 0.248 e. The summed E-state index contributed by atoms with van der Waals surface area (Å²) in [6.45, 7) is 6.79. The third kappa shape index (κ3) is 4.02. The van der Waals surface area contributed by atoms with Crippen molar-refractivity contribution in [3.05, 3.63) is 17.6 Å². The fraction of sp³-hybridized carbons (Fsp3) is 0.706. The number of anilines is 1. The fourth-order valence-electron chi connectivity index (χ4n) is 3.40. The zero-order valence-electron chi connectivity index (χ0n) is 14.5. The number of carbonyl (C=O) groups is 1. The summed E-state index contributed by atoms with van der Waals surface area (Å²) in [5, 5.41) is 0. The molecule has 0 saturated carbocycles. The van der Waals surface area contributed by atoms with Gasteiger partial charge in [-0.05, 0) is 19.8 Å². The third-order valence-corrected chi connectivity index (χ3v) is 4.64. The van der Waals surface area contributed by atoms with Gasteiger partial charge in [0.25, 0.3) is 0 Å². The van der Waals surface area contributed by atoms with Gasteiger partial charge >= 0.3 is 0 Å². The highest BCUT2D eigenvalue weighted by molar-refractivity contribution is 5.77. The number of carbonyl (C=O) groups excluding carboxylic acids is 1. The molecule has 2 aliphatic rings. The number of nitrogens with zero attached hydrogens (tertiary/aromatic N) is 4. The number of amides is 1. The van der Waals surface area contributed by atoms with E-state index in [0.29, 0.717) is 6.54 Å². The van der Waals surface area contributed by atoms with Crippen LogP contribution in [-0.4, -0.2) is 73.9 Å². The van der Waals surface area contributed by atoms with Gasteiger partial charge in [-0.3, -0.25) is 4.79 Å². The Morgan fingerprint density at radius 1 is 1.33 bits per heavy atom. The summed E-state index contributed by atoms with van der Waals surface area (Å²) in [5.41, 5.74) is 1.04. The predicted molar refractivity (Wildman–Crippen MR) is 90.2 cm³/mol. The number of aryl methyl sites for hydroxylation is 1. The zero-order valence-corrected chi connectivity index (χ0v) is 14.5. The number of aromatic nitrogens is 2. The van der Waals surface area contributed by atoms with Crippen molar-refractivity contribution in [2.45, 2.75) is 25.7 Å². The Kier molecular flexibility index (Phi) is 5.63. The quantitative estimate of drug-likeness (QED) is 0.817. The van der Waals surface area contributed by atoms with E-state index >= 15 is 0 Å². The van der Waals surface area contributed by atoms with Crippen LogP contribution >= 0.6 is 0 Å². The summed E-state index contributed by atoms with van der Waals surface area (Å²) >= 11 is 0. The molecule has 1 aromatic rings. The molecule has 0 spiro atoms. The minimum absolute atomic E-state index is 0.0568. The van der Waals surface area contributed by atoms with Gasteiger partial charge in [0.1, 0.15) is 18.2 Å². The van der Waals surface area contributed by atoms with E-state index in [1.54, 1.807) is 7.11 Å². The molecular weight excluding hydrogens is 308 g/mol. The molecule has 0 N–H and O–H groups in total. The number of likely N-dealkylation sites (tertiary alicyclic amines) is 1. The molecule has 1 atom stereocenters. The largest absolute Gasteiger partial charge is 0.378 e. The van der Waals surface area contributed by atoms with Gasteiger partial charge in [0.15, 0.2) is 0 Å². The first-order chi connectivity index (χ1) is 11.7. The van der Waals surface area contributed by atoms with Crippen LogP contribution in [-0.2, 0) is 14.3 Å². The smallest absolute Gasteiger partial charge is 0.248 e. The number of rotatable bonds is 4. The van der Waals surface area contributed by atoms with Crippen molar-refractivity contribution < 1.29 is 14.3 Å². The minimum Gasteiger partial charge on any atom is -0.378 e. The maximum absolute atomic E-state index is 12.1. The van der Waals surface area contributed by atoms with Gasteiger partial charge in [0, 0.05) is 45.3 Å². The van der Waals surface area contributed by atoms with Crippen LogP contribution in [0.4, 0.5) is 5.82 Å². The number of morpholine rings is 1. The van der Waals surface area contributed by atoms with Crippen LogP contribution in [0, 0.1) is 6.92 Å². The van der Waals surface area contributed by atoms with Crippen molar-refractivity contribution in [2.24, 2.45) is 0 Å². The normalized spacial score (nSPS) is 21.8. The van der Waals surface area contributed by atoms with Crippen molar-refractivity contribution in [3.63, 3.8) is 0 Å². The first-order valence-corrected chi connectivity index (χ1v) is 8.62. The van der Waals surface area contributed by atoms with Crippen LogP contribution < -0.4 is 4.90 Å². The molecule has 132 valence electrons. The molecule has 7 heteroatoms. The average molecular weight is 334 g/mol. The molecule has 24 heavy (non-hydrogen) atoms.